The third-order valence-corrected chi connectivity index (χ3v) is 3.08. The lowest BCUT2D eigenvalue weighted by molar-refractivity contribution is 0.320. The van der Waals surface area contributed by atoms with Crippen molar-refractivity contribution in [1.82, 2.24) is 0 Å². The molecule has 106 valence electrons. The van der Waals surface area contributed by atoms with Gasteiger partial charge in [-0.25, -0.2) is 0 Å². The summed E-state index contributed by atoms with van der Waals surface area (Å²) in [5.41, 5.74) is 0.800. The monoisotopic (exact) mass is 292 g/mol. The van der Waals surface area contributed by atoms with Crippen molar-refractivity contribution in [3.8, 4) is 11.5 Å². The molecule has 0 radical (unpaired) electrons. The lowest BCUT2D eigenvalue weighted by Gasteiger charge is -2.10. The Hall–Kier alpha value is -2.01. The summed E-state index contributed by atoms with van der Waals surface area (Å²) in [5, 5.41) is 0. The van der Waals surface area contributed by atoms with Gasteiger partial charge < -0.3 is 8.92 Å². The Morgan fingerprint density at radius 2 is 1.60 bits per heavy atom. The summed E-state index contributed by atoms with van der Waals surface area (Å²) in [6, 6.07) is 16.5. The van der Waals surface area contributed by atoms with Crippen LogP contribution < -0.4 is 8.92 Å². The van der Waals surface area contributed by atoms with Crippen LogP contribution in [0.3, 0.4) is 0 Å². The number of hydrogen-bond acceptors (Lipinski definition) is 4. The van der Waals surface area contributed by atoms with Crippen LogP contribution in [0.15, 0.2) is 54.6 Å². The fourth-order valence-corrected chi connectivity index (χ4v) is 2.24. The van der Waals surface area contributed by atoms with Gasteiger partial charge in [0.15, 0.2) is 0 Å². The quantitative estimate of drug-likeness (QED) is 0.768. The Morgan fingerprint density at radius 1 is 0.950 bits per heavy atom. The molecule has 0 saturated carbocycles. The summed E-state index contributed by atoms with van der Waals surface area (Å²) < 4.78 is 32.9. The van der Waals surface area contributed by atoms with Crippen molar-refractivity contribution in [2.75, 3.05) is 12.9 Å². The fourth-order valence-electron chi connectivity index (χ4n) is 1.75. The van der Waals surface area contributed by atoms with Crippen LogP contribution >= 0.6 is 0 Å². The van der Waals surface area contributed by atoms with E-state index < -0.39 is 10.1 Å². The Balaban J connectivity index is 1.99. The maximum atomic E-state index is 11.2. The van der Waals surface area contributed by atoms with E-state index in [0.29, 0.717) is 18.8 Å². The summed E-state index contributed by atoms with van der Waals surface area (Å²) in [5.74, 6) is 1.14. The van der Waals surface area contributed by atoms with Gasteiger partial charge in [0.2, 0.25) is 0 Å². The first-order valence-electron chi connectivity index (χ1n) is 6.20. The lowest BCUT2D eigenvalue weighted by atomic mass is 10.1. The zero-order chi connectivity index (χ0) is 14.4. The molecule has 0 spiro atoms. The smallest absolute Gasteiger partial charge is 0.306 e. The molecule has 0 N–H and O–H groups in total. The van der Waals surface area contributed by atoms with Gasteiger partial charge in [0.25, 0.3) is 0 Å². The van der Waals surface area contributed by atoms with Crippen LogP contribution in [-0.2, 0) is 16.5 Å². The molecule has 5 heteroatoms. The number of benzene rings is 2. The minimum atomic E-state index is -3.52. The molecule has 0 bridgehead atoms. The first-order valence-corrected chi connectivity index (χ1v) is 8.01. The van der Waals surface area contributed by atoms with E-state index in [1.165, 1.54) is 0 Å². The van der Waals surface area contributed by atoms with E-state index >= 15 is 0 Å². The average molecular weight is 292 g/mol. The number of rotatable bonds is 6. The molecule has 20 heavy (non-hydrogen) atoms. The molecule has 4 nitrogen and oxygen atoms in total. The normalized spacial score (nSPS) is 11.1. The largest absolute Gasteiger partial charge is 0.493 e. The Kier molecular flexibility index (Phi) is 4.63. The van der Waals surface area contributed by atoms with Crippen molar-refractivity contribution in [3.63, 3.8) is 0 Å². The van der Waals surface area contributed by atoms with E-state index in [4.69, 9.17) is 8.92 Å². The molecule has 0 amide bonds. The molecular weight excluding hydrogens is 276 g/mol. The highest BCUT2D eigenvalue weighted by Crippen LogP contribution is 2.20. The molecule has 2 rings (SSSR count). The van der Waals surface area contributed by atoms with Gasteiger partial charge >= 0.3 is 10.1 Å². The van der Waals surface area contributed by atoms with Crippen molar-refractivity contribution >= 4 is 10.1 Å². The predicted octanol–water partition coefficient (Wildman–Crippen LogP) is 2.65. The highest BCUT2D eigenvalue weighted by atomic mass is 32.2. The minimum absolute atomic E-state index is 0.353. The summed E-state index contributed by atoms with van der Waals surface area (Å²) in [4.78, 5) is 0. The highest BCUT2D eigenvalue weighted by molar-refractivity contribution is 7.86. The van der Waals surface area contributed by atoms with Crippen LogP contribution in [0.4, 0.5) is 0 Å². The lowest BCUT2D eigenvalue weighted by Crippen LogP contribution is -2.09. The second-order valence-electron chi connectivity index (χ2n) is 4.31. The van der Waals surface area contributed by atoms with Crippen molar-refractivity contribution < 1.29 is 17.3 Å². The zero-order valence-electron chi connectivity index (χ0n) is 11.2. The first-order chi connectivity index (χ1) is 9.54. The van der Waals surface area contributed by atoms with Crippen LogP contribution in [0.2, 0.25) is 0 Å². The minimum Gasteiger partial charge on any atom is -0.493 e. The second-order valence-corrected chi connectivity index (χ2v) is 5.88. The molecule has 0 aliphatic rings. The van der Waals surface area contributed by atoms with E-state index in [2.05, 4.69) is 0 Å². The third-order valence-electron chi connectivity index (χ3n) is 2.60. The predicted molar refractivity (Wildman–Crippen MR) is 77.6 cm³/mol. The molecule has 2 aromatic carbocycles. The van der Waals surface area contributed by atoms with Crippen LogP contribution in [0.5, 0.6) is 11.5 Å². The van der Waals surface area contributed by atoms with Gasteiger partial charge in [-0.15, -0.1) is 0 Å². The number of para-hydroxylation sites is 2. The molecule has 0 atom stereocenters. The van der Waals surface area contributed by atoms with Crippen LogP contribution in [0.25, 0.3) is 0 Å². The van der Waals surface area contributed by atoms with Crippen LogP contribution in [0.1, 0.15) is 5.56 Å². The first kappa shape index (κ1) is 14.4. The van der Waals surface area contributed by atoms with E-state index in [0.717, 1.165) is 17.6 Å². The topological polar surface area (TPSA) is 52.6 Å². The molecule has 0 unspecified atom stereocenters. The molecule has 0 saturated heterocycles. The van der Waals surface area contributed by atoms with Gasteiger partial charge in [-0.1, -0.05) is 36.4 Å². The molecule has 0 aliphatic heterocycles. The van der Waals surface area contributed by atoms with Gasteiger partial charge in [-0.05, 0) is 23.8 Å². The maximum Gasteiger partial charge on any atom is 0.306 e. The summed E-state index contributed by atoms with van der Waals surface area (Å²) in [6.45, 7) is 0.453. The van der Waals surface area contributed by atoms with Crippen molar-refractivity contribution in [2.24, 2.45) is 0 Å². The van der Waals surface area contributed by atoms with E-state index in [1.807, 2.05) is 42.5 Å². The van der Waals surface area contributed by atoms with E-state index in [1.54, 1.807) is 12.1 Å². The van der Waals surface area contributed by atoms with E-state index in [-0.39, 0.29) is 0 Å². The summed E-state index contributed by atoms with van der Waals surface area (Å²) in [6.07, 6.45) is 1.60. The Bertz CT molecular complexity index is 651. The van der Waals surface area contributed by atoms with Crippen molar-refractivity contribution in [1.29, 1.82) is 0 Å². The van der Waals surface area contributed by atoms with Gasteiger partial charge in [0.05, 0.1) is 12.9 Å². The molecule has 0 fully saturated rings. The average Bonchev–Trinajstić information content (AvgIpc) is 2.40. The summed E-state index contributed by atoms with van der Waals surface area (Å²) in [7, 11) is -3.52. The van der Waals surface area contributed by atoms with Crippen LogP contribution in [0, 0.1) is 0 Å². The van der Waals surface area contributed by atoms with Gasteiger partial charge in [-0.3, -0.25) is 0 Å². The van der Waals surface area contributed by atoms with Crippen molar-refractivity contribution in [2.45, 2.75) is 6.42 Å². The Labute approximate surface area is 119 Å². The zero-order valence-corrected chi connectivity index (χ0v) is 12.0. The fraction of sp³-hybridized carbons (Fsp3) is 0.200. The highest BCUT2D eigenvalue weighted by Gasteiger charge is 2.09. The number of ether oxygens (including phenoxy) is 1. The molecule has 0 aliphatic carbocycles. The molecule has 0 heterocycles. The van der Waals surface area contributed by atoms with Gasteiger partial charge in [0, 0.05) is 6.42 Å². The van der Waals surface area contributed by atoms with Gasteiger partial charge in [0.1, 0.15) is 11.5 Å². The molecule has 0 aromatic heterocycles. The Morgan fingerprint density at radius 3 is 2.30 bits per heavy atom. The standard InChI is InChI=1S/C15H16O4S/c1-20(16,17)19-15-10-6-5-7-13(15)11-12-18-14-8-3-2-4-9-14/h2-10H,11-12H2,1H3. The number of hydrogen-bond donors (Lipinski definition) is 0. The van der Waals surface area contributed by atoms with Crippen molar-refractivity contribution in [3.05, 3.63) is 60.2 Å². The van der Waals surface area contributed by atoms with Crippen LogP contribution in [-0.4, -0.2) is 21.3 Å². The molecule has 2 aromatic rings. The van der Waals surface area contributed by atoms with E-state index in [9.17, 15) is 8.42 Å². The molecular formula is C15H16O4S. The summed E-state index contributed by atoms with van der Waals surface area (Å²) >= 11 is 0. The SMILES string of the molecule is CS(=O)(=O)Oc1ccccc1CCOc1ccccc1. The third kappa shape index (κ3) is 4.59. The van der Waals surface area contributed by atoms with Gasteiger partial charge in [-0.2, -0.15) is 8.42 Å². The second kappa shape index (κ2) is 6.43. The maximum absolute atomic E-state index is 11.2.